The number of hydrogen-bond donors (Lipinski definition) is 1. The molecule has 2 aromatic carbocycles. The second-order valence-electron chi connectivity index (χ2n) is 5.08. The highest BCUT2D eigenvalue weighted by atomic mass is 35.5. The number of hydrogen-bond acceptors (Lipinski definition) is 4. The van der Waals surface area contributed by atoms with Crippen molar-refractivity contribution < 1.29 is 14.1 Å². The van der Waals surface area contributed by atoms with Crippen LogP contribution in [0.1, 0.15) is 16.1 Å². The number of ether oxygens (including phenoxy) is 1. The second kappa shape index (κ2) is 7.19. The van der Waals surface area contributed by atoms with Crippen LogP contribution in [-0.4, -0.2) is 18.2 Å². The second-order valence-corrected chi connectivity index (χ2v) is 5.52. The summed E-state index contributed by atoms with van der Waals surface area (Å²) in [7, 11) is 1.59. The molecule has 3 rings (SSSR count). The smallest absolute Gasteiger partial charge is 0.290 e. The van der Waals surface area contributed by atoms with E-state index in [1.807, 2.05) is 36.4 Å². The lowest BCUT2D eigenvalue weighted by Crippen LogP contribution is -2.22. The number of halogens is 1. The Morgan fingerprint density at radius 1 is 1.21 bits per heavy atom. The molecule has 5 nitrogen and oxygen atoms in total. The van der Waals surface area contributed by atoms with Crippen LogP contribution in [0.4, 0.5) is 0 Å². The van der Waals surface area contributed by atoms with Gasteiger partial charge in [-0.2, -0.15) is 0 Å². The van der Waals surface area contributed by atoms with E-state index in [1.165, 1.54) is 0 Å². The molecule has 0 saturated carbocycles. The number of benzene rings is 2. The Morgan fingerprint density at radius 2 is 2.04 bits per heavy atom. The SMILES string of the molecule is COc1ccccc1CNC(=O)c1cc(-c2cccc(Cl)c2)no1. The summed E-state index contributed by atoms with van der Waals surface area (Å²) < 4.78 is 10.4. The van der Waals surface area contributed by atoms with Crippen LogP contribution >= 0.6 is 11.6 Å². The van der Waals surface area contributed by atoms with Gasteiger partial charge in [0.2, 0.25) is 5.76 Å². The van der Waals surface area contributed by atoms with Gasteiger partial charge in [0.15, 0.2) is 0 Å². The number of aromatic nitrogens is 1. The van der Waals surface area contributed by atoms with E-state index in [4.69, 9.17) is 20.9 Å². The lowest BCUT2D eigenvalue weighted by molar-refractivity contribution is 0.0914. The predicted octanol–water partition coefficient (Wildman–Crippen LogP) is 3.93. The van der Waals surface area contributed by atoms with Gasteiger partial charge in [0, 0.05) is 28.8 Å². The Balaban J connectivity index is 1.70. The van der Waals surface area contributed by atoms with Crippen LogP contribution in [0.2, 0.25) is 5.02 Å². The molecule has 1 amide bonds. The molecule has 1 aromatic heterocycles. The summed E-state index contributed by atoms with van der Waals surface area (Å²) in [4.78, 5) is 12.2. The van der Waals surface area contributed by atoms with Crippen molar-refractivity contribution in [2.45, 2.75) is 6.54 Å². The first kappa shape index (κ1) is 16.1. The van der Waals surface area contributed by atoms with E-state index in [2.05, 4.69) is 10.5 Å². The molecule has 0 aliphatic rings. The average Bonchev–Trinajstić information content (AvgIpc) is 3.10. The van der Waals surface area contributed by atoms with Crippen molar-refractivity contribution in [3.63, 3.8) is 0 Å². The summed E-state index contributed by atoms with van der Waals surface area (Å²) in [6.45, 7) is 0.329. The van der Waals surface area contributed by atoms with Gasteiger partial charge in [-0.15, -0.1) is 0 Å². The Labute approximate surface area is 144 Å². The number of methoxy groups -OCH3 is 1. The van der Waals surface area contributed by atoms with Crippen LogP contribution in [0.3, 0.4) is 0 Å². The van der Waals surface area contributed by atoms with Crippen molar-refractivity contribution in [3.05, 3.63) is 70.9 Å². The first-order valence-electron chi connectivity index (χ1n) is 7.30. The van der Waals surface area contributed by atoms with Crippen LogP contribution in [0.15, 0.2) is 59.1 Å². The maximum absolute atomic E-state index is 12.2. The van der Waals surface area contributed by atoms with Crippen molar-refractivity contribution >= 4 is 17.5 Å². The number of para-hydroxylation sites is 1. The molecule has 0 fully saturated rings. The predicted molar refractivity (Wildman–Crippen MR) is 91.1 cm³/mol. The molecule has 0 saturated heterocycles. The van der Waals surface area contributed by atoms with E-state index in [0.29, 0.717) is 17.3 Å². The summed E-state index contributed by atoms with van der Waals surface area (Å²) >= 11 is 5.96. The van der Waals surface area contributed by atoms with Crippen LogP contribution in [0.25, 0.3) is 11.3 Å². The Morgan fingerprint density at radius 3 is 2.83 bits per heavy atom. The number of carbonyl (C=O) groups is 1. The number of nitrogens with one attached hydrogen (secondary N) is 1. The molecule has 3 aromatic rings. The van der Waals surface area contributed by atoms with Gasteiger partial charge in [0.05, 0.1) is 7.11 Å². The topological polar surface area (TPSA) is 64.4 Å². The molecule has 0 aliphatic carbocycles. The average molecular weight is 343 g/mol. The summed E-state index contributed by atoms with van der Waals surface area (Å²) in [6, 6.07) is 16.3. The highest BCUT2D eigenvalue weighted by Crippen LogP contribution is 2.22. The number of nitrogens with zero attached hydrogens (tertiary/aromatic N) is 1. The molecule has 0 atom stereocenters. The third-order valence-corrected chi connectivity index (χ3v) is 3.72. The van der Waals surface area contributed by atoms with Crippen LogP contribution in [0, 0.1) is 0 Å². The molecule has 0 bridgehead atoms. The maximum Gasteiger partial charge on any atom is 0.290 e. The third kappa shape index (κ3) is 3.58. The van der Waals surface area contributed by atoms with Gasteiger partial charge < -0.3 is 14.6 Å². The molecular weight excluding hydrogens is 328 g/mol. The minimum atomic E-state index is -0.346. The fraction of sp³-hybridized carbons (Fsp3) is 0.111. The number of rotatable bonds is 5. The zero-order valence-electron chi connectivity index (χ0n) is 13.0. The minimum Gasteiger partial charge on any atom is -0.496 e. The molecule has 6 heteroatoms. The number of amides is 1. The standard InChI is InChI=1S/C18H15ClN2O3/c1-23-16-8-3-2-5-13(16)11-20-18(22)17-10-15(21-24-17)12-6-4-7-14(19)9-12/h2-10H,11H2,1H3,(H,20,22). The summed E-state index contributed by atoms with van der Waals surface area (Å²) in [5.41, 5.74) is 2.22. The van der Waals surface area contributed by atoms with E-state index in [9.17, 15) is 4.79 Å². The molecule has 0 spiro atoms. The first-order valence-corrected chi connectivity index (χ1v) is 7.68. The lowest BCUT2D eigenvalue weighted by Gasteiger charge is -2.08. The van der Waals surface area contributed by atoms with E-state index >= 15 is 0 Å². The first-order chi connectivity index (χ1) is 11.7. The van der Waals surface area contributed by atoms with Crippen molar-refractivity contribution in [2.24, 2.45) is 0 Å². The van der Waals surface area contributed by atoms with Crippen LogP contribution in [0.5, 0.6) is 5.75 Å². The molecule has 1 N–H and O–H groups in total. The van der Waals surface area contributed by atoms with Gasteiger partial charge in [-0.05, 0) is 18.2 Å². The van der Waals surface area contributed by atoms with Gasteiger partial charge in [0.1, 0.15) is 11.4 Å². The Hall–Kier alpha value is -2.79. The van der Waals surface area contributed by atoms with E-state index in [1.54, 1.807) is 25.3 Å². The summed E-state index contributed by atoms with van der Waals surface area (Å²) in [5, 5.41) is 7.30. The fourth-order valence-electron chi connectivity index (χ4n) is 2.28. The zero-order valence-corrected chi connectivity index (χ0v) is 13.7. The molecular formula is C18H15ClN2O3. The Kier molecular flexibility index (Phi) is 4.82. The van der Waals surface area contributed by atoms with E-state index < -0.39 is 0 Å². The quantitative estimate of drug-likeness (QED) is 0.763. The van der Waals surface area contributed by atoms with Crippen LogP contribution in [-0.2, 0) is 6.54 Å². The van der Waals surface area contributed by atoms with E-state index in [0.717, 1.165) is 16.9 Å². The van der Waals surface area contributed by atoms with Crippen molar-refractivity contribution in [2.75, 3.05) is 7.11 Å². The van der Waals surface area contributed by atoms with Crippen molar-refractivity contribution in [1.29, 1.82) is 0 Å². The normalized spacial score (nSPS) is 10.4. The molecule has 1 heterocycles. The van der Waals surface area contributed by atoms with E-state index in [-0.39, 0.29) is 11.7 Å². The van der Waals surface area contributed by atoms with Crippen LogP contribution < -0.4 is 10.1 Å². The largest absolute Gasteiger partial charge is 0.496 e. The van der Waals surface area contributed by atoms with Gasteiger partial charge in [0.25, 0.3) is 5.91 Å². The van der Waals surface area contributed by atoms with Gasteiger partial charge in [-0.3, -0.25) is 4.79 Å². The number of carbonyl (C=O) groups excluding carboxylic acids is 1. The van der Waals surface area contributed by atoms with Crippen molar-refractivity contribution in [1.82, 2.24) is 10.5 Å². The zero-order chi connectivity index (χ0) is 16.9. The van der Waals surface area contributed by atoms with Gasteiger partial charge >= 0.3 is 0 Å². The fourth-order valence-corrected chi connectivity index (χ4v) is 2.47. The molecule has 122 valence electrons. The molecule has 0 aliphatic heterocycles. The monoisotopic (exact) mass is 342 g/mol. The van der Waals surface area contributed by atoms with Gasteiger partial charge in [-0.1, -0.05) is 47.1 Å². The van der Waals surface area contributed by atoms with Crippen molar-refractivity contribution in [3.8, 4) is 17.0 Å². The molecule has 24 heavy (non-hydrogen) atoms. The highest BCUT2D eigenvalue weighted by Gasteiger charge is 2.14. The molecule has 0 radical (unpaired) electrons. The third-order valence-electron chi connectivity index (χ3n) is 3.49. The maximum atomic E-state index is 12.2. The highest BCUT2D eigenvalue weighted by molar-refractivity contribution is 6.30. The minimum absolute atomic E-state index is 0.139. The summed E-state index contributed by atoms with van der Waals surface area (Å²) in [5.74, 6) is 0.511. The van der Waals surface area contributed by atoms with Gasteiger partial charge in [-0.25, -0.2) is 0 Å². The molecule has 0 unspecified atom stereocenters. The lowest BCUT2D eigenvalue weighted by atomic mass is 10.1. The summed E-state index contributed by atoms with van der Waals surface area (Å²) in [6.07, 6.45) is 0. The Bertz CT molecular complexity index is 861.